The van der Waals surface area contributed by atoms with Crippen LogP contribution in [-0.2, 0) is 10.0 Å². The molecule has 1 aliphatic carbocycles. The van der Waals surface area contributed by atoms with Gasteiger partial charge in [-0.15, -0.1) is 0 Å². The summed E-state index contributed by atoms with van der Waals surface area (Å²) < 4.78 is 32.0. The van der Waals surface area contributed by atoms with Gasteiger partial charge in [0.05, 0.1) is 16.7 Å². The Labute approximate surface area is 126 Å². The van der Waals surface area contributed by atoms with Gasteiger partial charge < -0.3 is 10.5 Å². The summed E-state index contributed by atoms with van der Waals surface area (Å²) in [5, 5.41) is 0. The van der Waals surface area contributed by atoms with Gasteiger partial charge in [0.1, 0.15) is 5.75 Å². The van der Waals surface area contributed by atoms with Crippen molar-refractivity contribution in [2.24, 2.45) is 11.8 Å². The van der Waals surface area contributed by atoms with Gasteiger partial charge in [-0.2, -0.15) is 0 Å². The van der Waals surface area contributed by atoms with Crippen LogP contribution in [0.2, 0.25) is 0 Å². The molecule has 0 saturated heterocycles. The molecule has 118 valence electrons. The third kappa shape index (κ3) is 3.68. The van der Waals surface area contributed by atoms with Gasteiger partial charge in [0.25, 0.3) is 0 Å². The van der Waals surface area contributed by atoms with E-state index in [0.717, 1.165) is 19.3 Å². The second-order valence-electron chi connectivity index (χ2n) is 5.91. The van der Waals surface area contributed by atoms with Gasteiger partial charge >= 0.3 is 0 Å². The predicted octanol–water partition coefficient (Wildman–Crippen LogP) is 2.38. The average Bonchev–Trinajstić information content (AvgIpc) is 2.45. The number of rotatable bonds is 4. The van der Waals surface area contributed by atoms with Crippen molar-refractivity contribution in [3.8, 4) is 5.75 Å². The van der Waals surface area contributed by atoms with Crippen molar-refractivity contribution in [3.05, 3.63) is 18.2 Å². The number of nitrogen functional groups attached to an aromatic ring is 1. The van der Waals surface area contributed by atoms with Crippen molar-refractivity contribution >= 4 is 15.7 Å². The van der Waals surface area contributed by atoms with E-state index in [1.54, 1.807) is 6.07 Å². The summed E-state index contributed by atoms with van der Waals surface area (Å²) in [5.74, 6) is 1.77. The Morgan fingerprint density at radius 3 is 2.57 bits per heavy atom. The molecule has 0 radical (unpaired) electrons. The van der Waals surface area contributed by atoms with Crippen LogP contribution in [-0.4, -0.2) is 21.6 Å². The zero-order valence-corrected chi connectivity index (χ0v) is 13.6. The zero-order chi connectivity index (χ0) is 15.6. The fourth-order valence-corrected chi connectivity index (χ4v) is 3.43. The molecule has 21 heavy (non-hydrogen) atoms. The van der Waals surface area contributed by atoms with Crippen molar-refractivity contribution in [2.45, 2.75) is 44.1 Å². The van der Waals surface area contributed by atoms with Crippen LogP contribution in [0.4, 0.5) is 5.69 Å². The summed E-state index contributed by atoms with van der Waals surface area (Å²) in [6.45, 7) is 4.49. The topological polar surface area (TPSA) is 81.4 Å². The highest BCUT2D eigenvalue weighted by Gasteiger charge is 2.26. The third-order valence-corrected chi connectivity index (χ3v) is 5.82. The SMILES string of the molecule is CNS(=O)(=O)c1ccc(N)c(OC2CCC(C)C(C)C2)c1. The molecule has 3 unspecified atom stereocenters. The van der Waals surface area contributed by atoms with Gasteiger partial charge in [-0.3, -0.25) is 0 Å². The molecule has 1 aromatic rings. The molecule has 5 nitrogen and oxygen atoms in total. The average molecular weight is 312 g/mol. The summed E-state index contributed by atoms with van der Waals surface area (Å²) >= 11 is 0. The number of anilines is 1. The lowest BCUT2D eigenvalue weighted by Crippen LogP contribution is -2.29. The largest absolute Gasteiger partial charge is 0.488 e. The summed E-state index contributed by atoms with van der Waals surface area (Å²) in [7, 11) is -2.10. The maximum Gasteiger partial charge on any atom is 0.240 e. The molecular formula is C15H24N2O3S. The Morgan fingerprint density at radius 2 is 1.95 bits per heavy atom. The second kappa shape index (κ2) is 6.23. The van der Waals surface area contributed by atoms with E-state index in [9.17, 15) is 8.42 Å². The van der Waals surface area contributed by atoms with E-state index in [4.69, 9.17) is 10.5 Å². The van der Waals surface area contributed by atoms with E-state index >= 15 is 0 Å². The second-order valence-corrected chi connectivity index (χ2v) is 7.80. The Morgan fingerprint density at radius 1 is 1.24 bits per heavy atom. The van der Waals surface area contributed by atoms with E-state index in [0.29, 0.717) is 23.3 Å². The lowest BCUT2D eigenvalue weighted by molar-refractivity contribution is 0.101. The van der Waals surface area contributed by atoms with Gasteiger partial charge in [0, 0.05) is 6.07 Å². The lowest BCUT2D eigenvalue weighted by atomic mass is 9.80. The van der Waals surface area contributed by atoms with Crippen LogP contribution in [0.5, 0.6) is 5.75 Å². The summed E-state index contributed by atoms with van der Waals surface area (Å²) in [6.07, 6.45) is 3.18. The Bertz CT molecular complexity index is 601. The Hall–Kier alpha value is -1.27. The summed E-state index contributed by atoms with van der Waals surface area (Å²) in [6, 6.07) is 4.57. The third-order valence-electron chi connectivity index (χ3n) is 4.41. The molecule has 0 amide bonds. The van der Waals surface area contributed by atoms with E-state index in [1.807, 2.05) is 0 Å². The molecule has 0 spiro atoms. The molecule has 1 aromatic carbocycles. The van der Waals surface area contributed by atoms with Crippen molar-refractivity contribution in [2.75, 3.05) is 12.8 Å². The van der Waals surface area contributed by atoms with E-state index < -0.39 is 10.0 Å². The first kappa shape index (κ1) is 16.1. The van der Waals surface area contributed by atoms with E-state index in [1.165, 1.54) is 19.2 Å². The van der Waals surface area contributed by atoms with Gasteiger partial charge in [0.15, 0.2) is 0 Å². The van der Waals surface area contributed by atoms with Gasteiger partial charge in [-0.05, 0) is 50.3 Å². The smallest absolute Gasteiger partial charge is 0.240 e. The standard InChI is InChI=1S/C15H24N2O3S/c1-10-4-5-12(8-11(10)2)20-15-9-13(6-7-14(15)16)21(18,19)17-3/h6-7,9-12,17H,4-5,8,16H2,1-3H3. The molecule has 3 atom stereocenters. The van der Waals surface area contributed by atoms with E-state index in [-0.39, 0.29) is 11.0 Å². The van der Waals surface area contributed by atoms with Crippen molar-refractivity contribution in [1.29, 1.82) is 0 Å². The highest BCUT2D eigenvalue weighted by atomic mass is 32.2. The number of sulfonamides is 1. The van der Waals surface area contributed by atoms with Crippen molar-refractivity contribution in [1.82, 2.24) is 4.72 Å². The number of nitrogens with two attached hydrogens (primary N) is 1. The molecular weight excluding hydrogens is 288 g/mol. The number of benzene rings is 1. The monoisotopic (exact) mass is 312 g/mol. The first-order chi connectivity index (χ1) is 9.83. The van der Waals surface area contributed by atoms with Gasteiger partial charge in [0.2, 0.25) is 10.0 Å². The zero-order valence-electron chi connectivity index (χ0n) is 12.8. The minimum atomic E-state index is -3.48. The lowest BCUT2D eigenvalue weighted by Gasteiger charge is -2.32. The molecule has 6 heteroatoms. The summed E-state index contributed by atoms with van der Waals surface area (Å²) in [4.78, 5) is 0.173. The minimum Gasteiger partial charge on any atom is -0.488 e. The van der Waals surface area contributed by atoms with Crippen LogP contribution in [0.1, 0.15) is 33.1 Å². The molecule has 3 N–H and O–H groups in total. The Balaban J connectivity index is 2.18. The number of ether oxygens (including phenoxy) is 1. The fraction of sp³-hybridized carbons (Fsp3) is 0.600. The van der Waals surface area contributed by atoms with Crippen LogP contribution < -0.4 is 15.2 Å². The molecule has 2 rings (SSSR count). The fourth-order valence-electron chi connectivity index (χ4n) is 2.69. The molecule has 1 aliphatic rings. The predicted molar refractivity (Wildman–Crippen MR) is 83.7 cm³/mol. The van der Waals surface area contributed by atoms with E-state index in [2.05, 4.69) is 18.6 Å². The molecule has 0 bridgehead atoms. The first-order valence-corrected chi connectivity index (χ1v) is 8.81. The highest BCUT2D eigenvalue weighted by Crippen LogP contribution is 2.34. The van der Waals surface area contributed by atoms with Crippen LogP contribution in [0.3, 0.4) is 0 Å². The van der Waals surface area contributed by atoms with Crippen LogP contribution in [0.25, 0.3) is 0 Å². The maximum absolute atomic E-state index is 11.8. The van der Waals surface area contributed by atoms with Crippen molar-refractivity contribution < 1.29 is 13.2 Å². The normalized spacial score (nSPS) is 26.5. The number of nitrogens with one attached hydrogen (secondary N) is 1. The highest BCUT2D eigenvalue weighted by molar-refractivity contribution is 7.89. The minimum absolute atomic E-state index is 0.103. The number of hydrogen-bond acceptors (Lipinski definition) is 4. The molecule has 0 aromatic heterocycles. The van der Waals surface area contributed by atoms with Gasteiger partial charge in [-0.1, -0.05) is 13.8 Å². The van der Waals surface area contributed by atoms with Crippen LogP contribution >= 0.6 is 0 Å². The first-order valence-electron chi connectivity index (χ1n) is 7.33. The maximum atomic E-state index is 11.8. The molecule has 1 fully saturated rings. The Kier molecular flexibility index (Phi) is 4.78. The summed E-state index contributed by atoms with van der Waals surface area (Å²) in [5.41, 5.74) is 6.38. The van der Waals surface area contributed by atoms with Crippen LogP contribution in [0.15, 0.2) is 23.1 Å². The van der Waals surface area contributed by atoms with Gasteiger partial charge in [-0.25, -0.2) is 13.1 Å². The number of hydrogen-bond donors (Lipinski definition) is 2. The molecule has 0 heterocycles. The molecule has 1 saturated carbocycles. The van der Waals surface area contributed by atoms with Crippen molar-refractivity contribution in [3.63, 3.8) is 0 Å². The van der Waals surface area contributed by atoms with Crippen LogP contribution in [0, 0.1) is 11.8 Å². The molecule has 0 aliphatic heterocycles. The quantitative estimate of drug-likeness (QED) is 0.836.